The Morgan fingerprint density at radius 2 is 1.80 bits per heavy atom. The number of nitrogens with one attached hydrogen (secondary N) is 1. The van der Waals surface area contributed by atoms with Crippen LogP contribution in [0.25, 0.3) is 10.9 Å². The molecule has 2 aromatic rings. The number of ketones is 1. The second kappa shape index (κ2) is 13.9. The number of aryl methyl sites for hydroxylation is 2. The first-order valence-corrected chi connectivity index (χ1v) is 21.3. The molecule has 14 heteroatoms. The highest BCUT2D eigenvalue weighted by Gasteiger charge is 2.63. The maximum atomic E-state index is 14.8. The number of carbonyl (C=O) groups excluding carboxylic acids is 4. The molecule has 5 atom stereocenters. The van der Waals surface area contributed by atoms with Gasteiger partial charge in [0.05, 0.1) is 40.4 Å². The molecule has 0 bridgehead atoms. The smallest absolute Gasteiger partial charge is 0.306 e. The van der Waals surface area contributed by atoms with Crippen LogP contribution < -0.4 is 9.46 Å². The number of rotatable bonds is 6. The summed E-state index contributed by atoms with van der Waals surface area (Å²) >= 11 is 0. The van der Waals surface area contributed by atoms with E-state index in [2.05, 4.69) is 9.71 Å². The predicted molar refractivity (Wildman–Crippen MR) is 197 cm³/mol. The van der Waals surface area contributed by atoms with Crippen molar-refractivity contribution in [2.24, 2.45) is 17.3 Å². The second-order valence-electron chi connectivity index (χ2n) is 17.3. The van der Waals surface area contributed by atoms with Gasteiger partial charge in [0.15, 0.2) is 17.4 Å². The zero-order chi connectivity index (χ0) is 38.9. The van der Waals surface area contributed by atoms with Crippen LogP contribution in [0, 0.1) is 35.8 Å². The van der Waals surface area contributed by atoms with Crippen LogP contribution in [0.3, 0.4) is 0 Å². The van der Waals surface area contributed by atoms with Crippen LogP contribution in [0.4, 0.5) is 8.78 Å². The van der Waals surface area contributed by atoms with E-state index in [-0.39, 0.29) is 49.5 Å². The molecule has 6 aliphatic rings. The van der Waals surface area contributed by atoms with Crippen molar-refractivity contribution in [3.8, 4) is 5.75 Å². The van der Waals surface area contributed by atoms with Crippen molar-refractivity contribution in [1.82, 2.24) is 14.6 Å². The number of amides is 2. The molecule has 55 heavy (non-hydrogen) atoms. The summed E-state index contributed by atoms with van der Waals surface area (Å²) in [6.07, 6.45) is 11.4. The highest BCUT2D eigenvalue weighted by atomic mass is 32.2. The Hall–Kier alpha value is -3.94. The summed E-state index contributed by atoms with van der Waals surface area (Å²) in [6, 6.07) is 1.16. The van der Waals surface area contributed by atoms with E-state index in [0.717, 1.165) is 50.7 Å². The van der Waals surface area contributed by atoms with Gasteiger partial charge < -0.3 is 14.4 Å². The highest BCUT2D eigenvalue weighted by Crippen LogP contribution is 2.58. The van der Waals surface area contributed by atoms with Crippen molar-refractivity contribution < 1.29 is 45.9 Å². The third kappa shape index (κ3) is 7.05. The standard InChI is InChI=1S/C41H49F2N3O8S/c1-24-36-28(29-18-30(42)31(43)19-32(29)44-24)13-14-40(54-36)21-33-34(47)22-41(38(50)45-55(51,52)39(2)15-16-39)20-26(41)10-7-5-3-4-6-9-25(37(49)46(33)23-40)17-35(48)53-27-11-8-12-27/h7,10,18-19,25-27,33H,3-6,8-9,11-17,20-23H2,1-2H3,(H,45,50)/b10-7-/t25-,26-,33+,40-,41-/m1/s1. The number of pyridine rings is 1. The fourth-order valence-corrected chi connectivity index (χ4v) is 10.4. The van der Waals surface area contributed by atoms with Crippen LogP contribution in [0.5, 0.6) is 5.75 Å². The second-order valence-corrected chi connectivity index (χ2v) is 19.5. The minimum Gasteiger partial charge on any atom is -0.483 e. The first-order valence-electron chi connectivity index (χ1n) is 19.9. The quantitative estimate of drug-likeness (QED) is 0.272. The molecule has 0 radical (unpaired) electrons. The van der Waals surface area contributed by atoms with Gasteiger partial charge in [-0.3, -0.25) is 23.9 Å². The average molecular weight is 782 g/mol. The summed E-state index contributed by atoms with van der Waals surface area (Å²) in [5.41, 5.74) is -0.919. The maximum Gasteiger partial charge on any atom is 0.306 e. The molecule has 4 fully saturated rings. The molecule has 1 N–H and O–H groups in total. The Bertz CT molecular complexity index is 2100. The summed E-state index contributed by atoms with van der Waals surface area (Å²) in [7, 11) is -3.97. The van der Waals surface area contributed by atoms with Gasteiger partial charge in [-0.2, -0.15) is 0 Å². The zero-order valence-corrected chi connectivity index (χ0v) is 32.3. The topological polar surface area (TPSA) is 149 Å². The van der Waals surface area contributed by atoms with Gasteiger partial charge in [-0.25, -0.2) is 22.2 Å². The molecular weight excluding hydrogens is 733 g/mol. The number of esters is 1. The molecule has 11 nitrogen and oxygen atoms in total. The van der Waals surface area contributed by atoms with E-state index in [1.165, 1.54) is 4.90 Å². The Morgan fingerprint density at radius 1 is 1.04 bits per heavy atom. The monoisotopic (exact) mass is 781 g/mol. The van der Waals surface area contributed by atoms with E-state index < -0.39 is 61.3 Å². The number of hydrogen-bond acceptors (Lipinski definition) is 9. The summed E-state index contributed by atoms with van der Waals surface area (Å²) < 4.78 is 68.8. The van der Waals surface area contributed by atoms with E-state index in [9.17, 15) is 36.4 Å². The van der Waals surface area contributed by atoms with Crippen molar-refractivity contribution in [3.63, 3.8) is 0 Å². The SMILES string of the molecule is Cc1nc2cc(F)c(F)cc2c2c1O[C@]1(CC2)C[C@H]2C(=O)C[C@]3(C(=O)NS(=O)(=O)C4(C)CC4)C[C@H]3/C=C\CCCCC[C@H](CC(=O)OC3CCC3)C(=O)N2C1. The molecule has 1 aromatic carbocycles. The van der Waals surface area contributed by atoms with E-state index in [1.807, 2.05) is 12.2 Å². The van der Waals surface area contributed by atoms with Gasteiger partial charge in [0.1, 0.15) is 17.5 Å². The van der Waals surface area contributed by atoms with Gasteiger partial charge in [-0.15, -0.1) is 0 Å². The number of nitrogens with zero attached hydrogens (tertiary/aromatic N) is 2. The third-order valence-electron chi connectivity index (χ3n) is 13.3. The number of carbonyl (C=O) groups is 4. The Morgan fingerprint density at radius 3 is 2.53 bits per heavy atom. The van der Waals surface area contributed by atoms with Crippen LogP contribution >= 0.6 is 0 Å². The van der Waals surface area contributed by atoms with E-state index in [1.54, 1.807) is 13.8 Å². The van der Waals surface area contributed by atoms with E-state index in [0.29, 0.717) is 72.9 Å². The first-order chi connectivity index (χ1) is 26.1. The number of ether oxygens (including phenoxy) is 2. The van der Waals surface area contributed by atoms with Crippen LogP contribution in [0.2, 0.25) is 0 Å². The number of benzene rings is 1. The maximum absolute atomic E-state index is 14.8. The fraction of sp³-hybridized carbons (Fsp3) is 0.634. The predicted octanol–water partition coefficient (Wildman–Crippen LogP) is 6.07. The summed E-state index contributed by atoms with van der Waals surface area (Å²) in [4.78, 5) is 62.7. The first kappa shape index (κ1) is 38.0. The lowest BCUT2D eigenvalue weighted by Gasteiger charge is -2.36. The summed E-state index contributed by atoms with van der Waals surface area (Å²) in [5.74, 6) is -4.57. The number of fused-ring (bicyclic) bond motifs is 5. The fourth-order valence-electron chi connectivity index (χ4n) is 9.08. The van der Waals surface area contributed by atoms with Crippen LogP contribution in [-0.2, 0) is 40.4 Å². The van der Waals surface area contributed by atoms with Gasteiger partial charge in [-0.1, -0.05) is 25.0 Å². The lowest BCUT2D eigenvalue weighted by molar-refractivity contribution is -0.157. The molecular formula is C41H49F2N3O8S. The number of hydrogen-bond donors (Lipinski definition) is 1. The largest absolute Gasteiger partial charge is 0.483 e. The van der Waals surface area contributed by atoms with Crippen molar-refractivity contribution in [2.75, 3.05) is 6.54 Å². The molecule has 1 saturated heterocycles. The minimum atomic E-state index is -3.97. The van der Waals surface area contributed by atoms with Crippen LogP contribution in [0.15, 0.2) is 24.3 Å². The Balaban J connectivity index is 1.13. The molecule has 1 aromatic heterocycles. The zero-order valence-electron chi connectivity index (χ0n) is 31.5. The molecule has 3 aliphatic carbocycles. The molecule has 1 spiro atoms. The number of allylic oxidation sites excluding steroid dienone is 2. The minimum absolute atomic E-state index is 0.0281. The van der Waals surface area contributed by atoms with Gasteiger partial charge >= 0.3 is 5.97 Å². The van der Waals surface area contributed by atoms with Gasteiger partial charge in [0, 0.05) is 35.8 Å². The average Bonchev–Trinajstić information content (AvgIpc) is 4.01. The summed E-state index contributed by atoms with van der Waals surface area (Å²) in [5, 5.41) is 0.426. The number of sulfonamides is 1. The normalized spacial score (nSPS) is 31.2. The van der Waals surface area contributed by atoms with Crippen LogP contribution in [0.1, 0.15) is 114 Å². The van der Waals surface area contributed by atoms with Crippen molar-refractivity contribution in [2.45, 2.75) is 139 Å². The molecule has 3 saturated carbocycles. The van der Waals surface area contributed by atoms with Crippen molar-refractivity contribution in [1.29, 1.82) is 0 Å². The van der Waals surface area contributed by atoms with Gasteiger partial charge in [-0.05, 0) is 96.5 Å². The number of aromatic nitrogens is 1. The number of halogens is 2. The highest BCUT2D eigenvalue weighted by molar-refractivity contribution is 7.91. The Labute approximate surface area is 320 Å². The molecule has 8 rings (SSSR count). The molecule has 4 heterocycles. The molecule has 0 unspecified atom stereocenters. The van der Waals surface area contributed by atoms with Crippen LogP contribution in [-0.4, -0.2) is 70.9 Å². The number of Topliss-reactive ketones (excluding diaryl/α,β-unsaturated/α-hetero) is 1. The van der Waals surface area contributed by atoms with Gasteiger partial charge in [0.2, 0.25) is 21.8 Å². The Kier molecular flexibility index (Phi) is 9.60. The van der Waals surface area contributed by atoms with E-state index >= 15 is 0 Å². The van der Waals surface area contributed by atoms with Gasteiger partial charge in [0.25, 0.3) is 0 Å². The van der Waals surface area contributed by atoms with Crippen molar-refractivity contribution >= 4 is 44.5 Å². The lowest BCUT2D eigenvalue weighted by atomic mass is 9.85. The van der Waals surface area contributed by atoms with Crippen molar-refractivity contribution in [3.05, 3.63) is 47.2 Å². The van der Waals surface area contributed by atoms with E-state index in [4.69, 9.17) is 9.47 Å². The lowest BCUT2D eigenvalue weighted by Crippen LogP contribution is -2.48. The molecule has 2 amide bonds. The summed E-state index contributed by atoms with van der Waals surface area (Å²) in [6.45, 7) is 3.34. The molecule has 3 aliphatic heterocycles. The third-order valence-corrected chi connectivity index (χ3v) is 15.4. The molecule has 296 valence electrons.